The third-order valence-electron chi connectivity index (χ3n) is 4.06. The van der Waals surface area contributed by atoms with Crippen molar-refractivity contribution >= 4 is 46.3 Å². The Morgan fingerprint density at radius 3 is 2.31 bits per heavy atom. The van der Waals surface area contributed by atoms with Crippen LogP contribution in [0.5, 0.6) is 0 Å². The first-order valence-corrected chi connectivity index (χ1v) is 8.68. The van der Waals surface area contributed by atoms with Crippen molar-refractivity contribution in [3.63, 3.8) is 0 Å². The lowest BCUT2D eigenvalue weighted by molar-refractivity contribution is -0.136. The molecule has 1 aliphatic rings. The van der Waals surface area contributed by atoms with Crippen LogP contribution in [-0.4, -0.2) is 23.3 Å². The van der Waals surface area contributed by atoms with E-state index in [0.29, 0.717) is 26.9 Å². The van der Waals surface area contributed by atoms with E-state index in [-0.39, 0.29) is 18.1 Å². The number of hydrogen-bond acceptors (Lipinski definition) is 3. The highest BCUT2D eigenvalue weighted by molar-refractivity contribution is 6.37. The fourth-order valence-corrected chi connectivity index (χ4v) is 3.13. The first kappa shape index (κ1) is 18.2. The SMILES string of the molecule is C=CCN1C(=O)C(Nc2ccc(Cl)cc2C)=C(c2ccc(Cl)cc2)C1=O. The number of amides is 2. The molecule has 1 heterocycles. The van der Waals surface area contributed by atoms with Crippen molar-refractivity contribution in [1.82, 2.24) is 4.90 Å². The Hall–Kier alpha value is -2.56. The highest BCUT2D eigenvalue weighted by atomic mass is 35.5. The summed E-state index contributed by atoms with van der Waals surface area (Å²) in [7, 11) is 0. The first-order valence-electron chi connectivity index (χ1n) is 7.93. The zero-order chi connectivity index (χ0) is 18.8. The molecule has 1 aliphatic heterocycles. The van der Waals surface area contributed by atoms with E-state index < -0.39 is 5.91 Å². The highest BCUT2D eigenvalue weighted by Gasteiger charge is 2.38. The minimum atomic E-state index is -0.394. The quantitative estimate of drug-likeness (QED) is 0.599. The molecule has 0 aliphatic carbocycles. The van der Waals surface area contributed by atoms with Gasteiger partial charge in [-0.1, -0.05) is 41.4 Å². The number of nitrogens with zero attached hydrogens (tertiary/aromatic N) is 1. The number of carbonyl (C=O) groups is 2. The summed E-state index contributed by atoms with van der Waals surface area (Å²) in [6, 6.07) is 12.1. The maximum Gasteiger partial charge on any atom is 0.278 e. The van der Waals surface area contributed by atoms with Crippen LogP contribution in [0.15, 0.2) is 60.8 Å². The zero-order valence-electron chi connectivity index (χ0n) is 14.1. The Labute approximate surface area is 161 Å². The van der Waals surface area contributed by atoms with Gasteiger partial charge in [0.05, 0.1) is 5.57 Å². The van der Waals surface area contributed by atoms with Gasteiger partial charge in [-0.2, -0.15) is 0 Å². The molecule has 0 radical (unpaired) electrons. The van der Waals surface area contributed by atoms with E-state index in [1.165, 1.54) is 6.08 Å². The standard InChI is InChI=1S/C20H16Cl2N2O2/c1-3-10-24-19(25)17(13-4-6-14(21)7-5-13)18(20(24)26)23-16-9-8-15(22)11-12(16)2/h3-9,11,23H,1,10H2,2H3. The second-order valence-electron chi connectivity index (χ2n) is 5.85. The molecule has 2 amide bonds. The normalized spacial score (nSPS) is 14.2. The second kappa shape index (κ2) is 7.36. The van der Waals surface area contributed by atoms with Gasteiger partial charge in [-0.25, -0.2) is 0 Å². The monoisotopic (exact) mass is 386 g/mol. The van der Waals surface area contributed by atoms with E-state index in [4.69, 9.17) is 23.2 Å². The maximum atomic E-state index is 12.8. The lowest BCUT2D eigenvalue weighted by Gasteiger charge is -2.13. The van der Waals surface area contributed by atoms with E-state index in [9.17, 15) is 9.59 Å². The molecule has 3 rings (SSSR count). The minimum Gasteiger partial charge on any atom is -0.350 e. The van der Waals surface area contributed by atoms with E-state index in [2.05, 4.69) is 11.9 Å². The van der Waals surface area contributed by atoms with Crippen LogP contribution < -0.4 is 5.32 Å². The number of anilines is 1. The van der Waals surface area contributed by atoms with Crippen molar-refractivity contribution in [3.8, 4) is 0 Å². The smallest absolute Gasteiger partial charge is 0.278 e. The maximum absolute atomic E-state index is 12.8. The molecule has 132 valence electrons. The van der Waals surface area contributed by atoms with E-state index in [1.807, 2.05) is 6.92 Å². The zero-order valence-corrected chi connectivity index (χ0v) is 15.6. The van der Waals surface area contributed by atoms with Crippen molar-refractivity contribution in [3.05, 3.63) is 82.0 Å². The molecule has 6 heteroatoms. The number of nitrogens with one attached hydrogen (secondary N) is 1. The Morgan fingerprint density at radius 1 is 1.04 bits per heavy atom. The number of halogens is 2. The number of benzene rings is 2. The molecule has 26 heavy (non-hydrogen) atoms. The van der Waals surface area contributed by atoms with Gasteiger partial charge < -0.3 is 5.32 Å². The number of hydrogen-bond donors (Lipinski definition) is 1. The fourth-order valence-electron chi connectivity index (χ4n) is 2.77. The van der Waals surface area contributed by atoms with Crippen LogP contribution in [0, 0.1) is 6.92 Å². The fraction of sp³-hybridized carbons (Fsp3) is 0.100. The summed E-state index contributed by atoms with van der Waals surface area (Å²) < 4.78 is 0. The van der Waals surface area contributed by atoms with Gasteiger partial charge >= 0.3 is 0 Å². The van der Waals surface area contributed by atoms with Crippen LogP contribution >= 0.6 is 23.2 Å². The van der Waals surface area contributed by atoms with Gasteiger partial charge in [0, 0.05) is 22.3 Å². The molecule has 0 bridgehead atoms. The number of aryl methyl sites for hydroxylation is 1. The lowest BCUT2D eigenvalue weighted by Crippen LogP contribution is -2.32. The molecule has 0 saturated carbocycles. The van der Waals surface area contributed by atoms with Crippen molar-refractivity contribution < 1.29 is 9.59 Å². The summed E-state index contributed by atoms with van der Waals surface area (Å²) in [5, 5.41) is 4.26. The summed E-state index contributed by atoms with van der Waals surface area (Å²) in [6.07, 6.45) is 1.52. The van der Waals surface area contributed by atoms with Crippen LogP contribution in [0.25, 0.3) is 5.57 Å². The number of rotatable bonds is 5. The second-order valence-corrected chi connectivity index (χ2v) is 6.72. The van der Waals surface area contributed by atoms with Gasteiger partial charge in [-0.3, -0.25) is 14.5 Å². The molecule has 0 spiro atoms. The predicted octanol–water partition coefficient (Wildman–Crippen LogP) is 4.68. The molecule has 2 aromatic carbocycles. The first-order chi connectivity index (χ1) is 12.4. The molecule has 0 unspecified atom stereocenters. The molecular weight excluding hydrogens is 371 g/mol. The van der Waals surface area contributed by atoms with E-state index >= 15 is 0 Å². The molecule has 1 N–H and O–H groups in total. The molecule has 4 nitrogen and oxygen atoms in total. The summed E-state index contributed by atoms with van der Waals surface area (Å²) in [4.78, 5) is 26.8. The summed E-state index contributed by atoms with van der Waals surface area (Å²) in [5.74, 6) is -0.763. The Kier molecular flexibility index (Phi) is 5.16. The summed E-state index contributed by atoms with van der Waals surface area (Å²) >= 11 is 11.9. The third-order valence-corrected chi connectivity index (χ3v) is 4.55. The van der Waals surface area contributed by atoms with E-state index in [0.717, 1.165) is 10.5 Å². The van der Waals surface area contributed by atoms with Gasteiger partial charge in [-0.15, -0.1) is 6.58 Å². The van der Waals surface area contributed by atoms with Crippen molar-refractivity contribution in [2.75, 3.05) is 11.9 Å². The van der Waals surface area contributed by atoms with Crippen LogP contribution in [0.3, 0.4) is 0 Å². The molecule has 0 fully saturated rings. The molecule has 0 saturated heterocycles. The van der Waals surface area contributed by atoms with Crippen LogP contribution in [0.4, 0.5) is 5.69 Å². The van der Waals surface area contributed by atoms with Crippen molar-refractivity contribution in [2.45, 2.75) is 6.92 Å². The van der Waals surface area contributed by atoms with Crippen LogP contribution in [0.1, 0.15) is 11.1 Å². The summed E-state index contributed by atoms with van der Waals surface area (Å²) in [6.45, 7) is 5.63. The number of carbonyl (C=O) groups excluding carboxylic acids is 2. The van der Waals surface area contributed by atoms with Gasteiger partial charge in [0.2, 0.25) is 0 Å². The van der Waals surface area contributed by atoms with Crippen LogP contribution in [-0.2, 0) is 9.59 Å². The van der Waals surface area contributed by atoms with Gasteiger partial charge in [0.1, 0.15) is 5.70 Å². The van der Waals surface area contributed by atoms with Crippen molar-refractivity contribution in [1.29, 1.82) is 0 Å². The average Bonchev–Trinajstić information content (AvgIpc) is 2.83. The Morgan fingerprint density at radius 2 is 1.69 bits per heavy atom. The molecule has 0 aromatic heterocycles. The highest BCUT2D eigenvalue weighted by Crippen LogP contribution is 2.32. The third kappa shape index (κ3) is 3.39. The van der Waals surface area contributed by atoms with Gasteiger partial charge in [0.15, 0.2) is 0 Å². The minimum absolute atomic E-state index is 0.138. The average molecular weight is 387 g/mol. The van der Waals surface area contributed by atoms with Gasteiger partial charge in [-0.05, 0) is 48.4 Å². The Bertz CT molecular complexity index is 933. The molecular formula is C20H16Cl2N2O2. The predicted molar refractivity (Wildman–Crippen MR) is 105 cm³/mol. The van der Waals surface area contributed by atoms with Crippen LogP contribution in [0.2, 0.25) is 10.0 Å². The number of imide groups is 1. The topological polar surface area (TPSA) is 49.4 Å². The Balaban J connectivity index is 2.10. The summed E-state index contributed by atoms with van der Waals surface area (Å²) in [5.41, 5.74) is 2.72. The van der Waals surface area contributed by atoms with Crippen molar-refractivity contribution in [2.24, 2.45) is 0 Å². The van der Waals surface area contributed by atoms with Gasteiger partial charge in [0.25, 0.3) is 11.8 Å². The van der Waals surface area contributed by atoms with E-state index in [1.54, 1.807) is 42.5 Å². The lowest BCUT2D eigenvalue weighted by atomic mass is 10.0. The molecule has 2 aromatic rings. The molecule has 0 atom stereocenters. The largest absolute Gasteiger partial charge is 0.350 e.